The fourth-order valence-electron chi connectivity index (χ4n) is 3.72. The van der Waals surface area contributed by atoms with E-state index in [2.05, 4.69) is 10.4 Å². The number of fused-ring (bicyclic) bond motifs is 1. The maximum Gasteiger partial charge on any atom is 0.335 e. The number of rotatable bonds is 9. The number of halogens is 2. The number of aromatic carboxylic acids is 1. The molecule has 3 aromatic rings. The lowest BCUT2D eigenvalue weighted by Crippen LogP contribution is -2.43. The van der Waals surface area contributed by atoms with Crippen molar-refractivity contribution < 1.29 is 28.7 Å². The summed E-state index contributed by atoms with van der Waals surface area (Å²) < 4.78 is 15.3. The number of carboxylic acid groups (broad SMARTS) is 1. The fourth-order valence-corrected chi connectivity index (χ4v) is 3.92. The Hall–Kier alpha value is -3.99. The molecule has 182 valence electrons. The van der Waals surface area contributed by atoms with Gasteiger partial charge < -0.3 is 21.1 Å². The SMILES string of the molecule is NC(=O)c1nn(CC(=O)N(CC(=O)NCc2cccc(Cl)c2F)C2CC2)c2cc(C(=O)O)ccc12. The Morgan fingerprint density at radius 3 is 2.63 bits per heavy atom. The van der Waals surface area contributed by atoms with Crippen LogP contribution in [0.3, 0.4) is 0 Å². The predicted molar refractivity (Wildman–Crippen MR) is 123 cm³/mol. The third-order valence-corrected chi connectivity index (χ3v) is 5.94. The minimum atomic E-state index is -1.18. The maximum atomic E-state index is 14.1. The molecule has 12 heteroatoms. The van der Waals surface area contributed by atoms with Crippen molar-refractivity contribution in [1.82, 2.24) is 20.0 Å². The summed E-state index contributed by atoms with van der Waals surface area (Å²) in [5.41, 5.74) is 5.72. The van der Waals surface area contributed by atoms with Crippen LogP contribution in [0.2, 0.25) is 5.02 Å². The minimum Gasteiger partial charge on any atom is -0.478 e. The molecule has 0 atom stereocenters. The second-order valence-electron chi connectivity index (χ2n) is 8.15. The number of primary amides is 1. The van der Waals surface area contributed by atoms with E-state index in [1.54, 1.807) is 6.07 Å². The van der Waals surface area contributed by atoms with E-state index in [4.69, 9.17) is 17.3 Å². The van der Waals surface area contributed by atoms with Crippen molar-refractivity contribution in [3.8, 4) is 0 Å². The molecule has 4 N–H and O–H groups in total. The van der Waals surface area contributed by atoms with Crippen molar-refractivity contribution >= 4 is 46.2 Å². The molecule has 0 spiro atoms. The molecule has 0 unspecified atom stereocenters. The molecule has 1 aliphatic carbocycles. The molecule has 2 aromatic carbocycles. The van der Waals surface area contributed by atoms with Gasteiger partial charge in [0.1, 0.15) is 12.4 Å². The number of benzene rings is 2. The third kappa shape index (κ3) is 5.24. The van der Waals surface area contributed by atoms with Crippen molar-refractivity contribution in [2.75, 3.05) is 6.54 Å². The Morgan fingerprint density at radius 1 is 1.23 bits per heavy atom. The summed E-state index contributed by atoms with van der Waals surface area (Å²) >= 11 is 5.76. The van der Waals surface area contributed by atoms with E-state index < -0.39 is 29.5 Å². The van der Waals surface area contributed by atoms with E-state index >= 15 is 0 Å². The maximum absolute atomic E-state index is 14.1. The average molecular weight is 502 g/mol. The lowest BCUT2D eigenvalue weighted by Gasteiger charge is -2.22. The zero-order valence-corrected chi connectivity index (χ0v) is 19.1. The van der Waals surface area contributed by atoms with Gasteiger partial charge in [-0.15, -0.1) is 0 Å². The van der Waals surface area contributed by atoms with Crippen molar-refractivity contribution in [2.45, 2.75) is 32.0 Å². The average Bonchev–Trinajstić information content (AvgIpc) is 3.59. The van der Waals surface area contributed by atoms with E-state index in [1.165, 1.54) is 39.9 Å². The van der Waals surface area contributed by atoms with Crippen LogP contribution in [0.15, 0.2) is 36.4 Å². The molecular formula is C23H21ClFN5O5. The number of nitrogens with one attached hydrogen (secondary N) is 1. The Morgan fingerprint density at radius 2 is 1.97 bits per heavy atom. The van der Waals surface area contributed by atoms with Crippen molar-refractivity contribution in [3.63, 3.8) is 0 Å². The summed E-state index contributed by atoms with van der Waals surface area (Å²) in [7, 11) is 0. The Labute approximate surface area is 203 Å². The Balaban J connectivity index is 1.50. The lowest BCUT2D eigenvalue weighted by molar-refractivity contribution is -0.137. The molecule has 0 saturated heterocycles. The van der Waals surface area contributed by atoms with Crippen molar-refractivity contribution in [3.05, 3.63) is 64.1 Å². The summed E-state index contributed by atoms with van der Waals surface area (Å²) in [6, 6.07) is 8.36. The highest BCUT2D eigenvalue weighted by Gasteiger charge is 2.34. The third-order valence-electron chi connectivity index (χ3n) is 5.65. The normalized spacial score (nSPS) is 13.0. The van der Waals surface area contributed by atoms with Crippen molar-refractivity contribution in [2.24, 2.45) is 5.73 Å². The number of amides is 3. The van der Waals surface area contributed by atoms with E-state index in [0.717, 1.165) is 12.8 Å². The van der Waals surface area contributed by atoms with E-state index in [0.29, 0.717) is 5.39 Å². The number of aromatic nitrogens is 2. The summed E-state index contributed by atoms with van der Waals surface area (Å²) in [6.45, 7) is -0.685. The predicted octanol–water partition coefficient (Wildman–Crippen LogP) is 1.93. The topological polar surface area (TPSA) is 148 Å². The van der Waals surface area contributed by atoms with Crippen LogP contribution in [0.5, 0.6) is 0 Å². The quantitative estimate of drug-likeness (QED) is 0.408. The summed E-state index contributed by atoms with van der Waals surface area (Å²) in [5.74, 6) is -3.56. The van der Waals surface area contributed by atoms with Gasteiger partial charge in [0.2, 0.25) is 11.8 Å². The zero-order valence-electron chi connectivity index (χ0n) is 18.3. The number of carbonyl (C=O) groups is 4. The minimum absolute atomic E-state index is 0.0474. The van der Waals surface area contributed by atoms with Gasteiger partial charge in [0.25, 0.3) is 5.91 Å². The lowest BCUT2D eigenvalue weighted by atomic mass is 10.1. The molecule has 0 aliphatic heterocycles. The molecule has 1 aliphatic rings. The van der Waals surface area contributed by atoms with E-state index in [9.17, 15) is 28.7 Å². The van der Waals surface area contributed by atoms with Crippen LogP contribution >= 0.6 is 11.6 Å². The molecule has 35 heavy (non-hydrogen) atoms. The van der Waals surface area contributed by atoms with Gasteiger partial charge in [-0.25, -0.2) is 9.18 Å². The van der Waals surface area contributed by atoms with Gasteiger partial charge in [0.15, 0.2) is 5.69 Å². The number of hydrogen-bond donors (Lipinski definition) is 3. The van der Waals surface area contributed by atoms with Crippen LogP contribution in [0, 0.1) is 5.82 Å². The first-order chi connectivity index (χ1) is 16.7. The van der Waals surface area contributed by atoms with Crippen LogP contribution in [0.1, 0.15) is 39.3 Å². The van der Waals surface area contributed by atoms with E-state index in [1.807, 2.05) is 0 Å². The molecule has 1 saturated carbocycles. The second kappa shape index (κ2) is 9.71. The molecule has 3 amide bonds. The summed E-state index contributed by atoms with van der Waals surface area (Å²) in [5, 5.41) is 16.3. The number of hydrogen-bond acceptors (Lipinski definition) is 5. The monoisotopic (exact) mass is 501 g/mol. The van der Waals surface area contributed by atoms with Crippen LogP contribution in [0.4, 0.5) is 4.39 Å². The van der Waals surface area contributed by atoms with Crippen LogP contribution in [-0.4, -0.2) is 56.1 Å². The van der Waals surface area contributed by atoms with Gasteiger partial charge in [0.05, 0.1) is 22.6 Å². The molecule has 1 aromatic heterocycles. The first-order valence-electron chi connectivity index (χ1n) is 10.7. The highest BCUT2D eigenvalue weighted by Crippen LogP contribution is 2.28. The van der Waals surface area contributed by atoms with E-state index in [-0.39, 0.29) is 53.0 Å². The standard InChI is InChI=1S/C23H21ClFN5O5/c24-16-3-1-2-13(20(16)25)9-27-18(31)10-29(14-5-6-14)19(32)11-30-17-8-12(23(34)35)4-7-15(17)21(28-30)22(26)33/h1-4,7-8,14H,5-6,9-11H2,(H2,26,33)(H,27,31)(H,34,35). The Kier molecular flexibility index (Phi) is 6.70. The van der Waals surface area contributed by atoms with Crippen molar-refractivity contribution in [1.29, 1.82) is 0 Å². The molecule has 1 fully saturated rings. The van der Waals surface area contributed by atoms with Crippen LogP contribution in [0.25, 0.3) is 10.9 Å². The first-order valence-corrected chi connectivity index (χ1v) is 11.1. The highest BCUT2D eigenvalue weighted by molar-refractivity contribution is 6.30. The molecule has 4 rings (SSSR count). The zero-order chi connectivity index (χ0) is 25.3. The molecular weight excluding hydrogens is 481 g/mol. The van der Waals surface area contributed by atoms with Gasteiger partial charge in [-0.05, 0) is 37.1 Å². The summed E-state index contributed by atoms with van der Waals surface area (Å²) in [6.07, 6.45) is 1.44. The molecule has 10 nitrogen and oxygen atoms in total. The van der Waals surface area contributed by atoms with Gasteiger partial charge in [-0.1, -0.05) is 23.7 Å². The van der Waals surface area contributed by atoms with Gasteiger partial charge in [-0.2, -0.15) is 5.10 Å². The van der Waals surface area contributed by atoms with Gasteiger partial charge >= 0.3 is 5.97 Å². The first kappa shape index (κ1) is 24.1. The summed E-state index contributed by atoms with van der Waals surface area (Å²) in [4.78, 5) is 50.2. The fraction of sp³-hybridized carbons (Fsp3) is 0.261. The smallest absolute Gasteiger partial charge is 0.335 e. The number of carbonyl (C=O) groups excluding carboxylic acids is 3. The number of nitrogens with two attached hydrogens (primary N) is 1. The number of nitrogens with zero attached hydrogens (tertiary/aromatic N) is 3. The van der Waals surface area contributed by atoms with Crippen LogP contribution < -0.4 is 11.1 Å². The van der Waals surface area contributed by atoms with Gasteiger partial charge in [-0.3, -0.25) is 19.1 Å². The molecule has 0 bridgehead atoms. The van der Waals surface area contributed by atoms with Crippen LogP contribution in [-0.2, 0) is 22.7 Å². The Bertz CT molecular complexity index is 1350. The second-order valence-corrected chi connectivity index (χ2v) is 8.56. The van der Waals surface area contributed by atoms with Gasteiger partial charge in [0, 0.05) is 23.5 Å². The largest absolute Gasteiger partial charge is 0.478 e. The highest BCUT2D eigenvalue weighted by atomic mass is 35.5. The number of carboxylic acids is 1. The molecule has 1 heterocycles. The molecule has 0 radical (unpaired) electrons.